The minimum absolute atomic E-state index is 0. The quantitative estimate of drug-likeness (QED) is 0.763. The minimum Gasteiger partial charge on any atom is -0.465 e. The Morgan fingerprint density at radius 3 is 2.76 bits per heavy atom. The van der Waals surface area contributed by atoms with Gasteiger partial charge in [0.2, 0.25) is 0 Å². The molecule has 0 saturated carbocycles. The Hall–Kier alpha value is -0.320. The number of halogens is 1. The van der Waals surface area contributed by atoms with Crippen molar-refractivity contribution in [2.24, 2.45) is 11.7 Å². The van der Waals surface area contributed by atoms with E-state index >= 15 is 0 Å². The van der Waals surface area contributed by atoms with Gasteiger partial charge in [-0.05, 0) is 45.2 Å². The van der Waals surface area contributed by atoms with Crippen LogP contribution < -0.4 is 5.73 Å². The fraction of sp³-hybridized carbons (Fsp3) is 0.917. The van der Waals surface area contributed by atoms with Crippen molar-refractivity contribution in [3.63, 3.8) is 0 Å². The van der Waals surface area contributed by atoms with E-state index in [9.17, 15) is 4.79 Å². The van der Waals surface area contributed by atoms with Gasteiger partial charge in [0.25, 0.3) is 0 Å². The van der Waals surface area contributed by atoms with Gasteiger partial charge < -0.3 is 10.5 Å². The molecule has 1 aliphatic rings. The average Bonchev–Trinajstić information content (AvgIpc) is 2.31. The Bertz CT molecular complexity index is 227. The summed E-state index contributed by atoms with van der Waals surface area (Å²) >= 11 is 0. The molecule has 1 saturated heterocycles. The maximum Gasteiger partial charge on any atom is 0.323 e. The summed E-state index contributed by atoms with van der Waals surface area (Å²) in [5, 5.41) is 0. The normalized spacial score (nSPS) is 22.6. The second kappa shape index (κ2) is 8.72. The van der Waals surface area contributed by atoms with E-state index in [4.69, 9.17) is 10.5 Å². The lowest BCUT2D eigenvalue weighted by molar-refractivity contribution is -0.150. The molecule has 2 N–H and O–H groups in total. The van der Waals surface area contributed by atoms with Gasteiger partial charge in [-0.15, -0.1) is 12.4 Å². The fourth-order valence-corrected chi connectivity index (χ4v) is 2.39. The minimum atomic E-state index is -0.0809. The van der Waals surface area contributed by atoms with E-state index in [0.29, 0.717) is 12.5 Å². The number of carbonyl (C=O) groups excluding carboxylic acids is 1. The van der Waals surface area contributed by atoms with Gasteiger partial charge >= 0.3 is 5.97 Å². The largest absolute Gasteiger partial charge is 0.465 e. The summed E-state index contributed by atoms with van der Waals surface area (Å²) in [6.07, 6.45) is 3.14. The number of nitrogens with two attached hydrogens (primary N) is 1. The molecular formula is C12H25ClN2O2. The molecule has 1 rings (SSSR count). The molecule has 0 amide bonds. The molecule has 4 nitrogen and oxygen atoms in total. The summed E-state index contributed by atoms with van der Waals surface area (Å²) in [6.45, 7) is 7.00. The summed E-state index contributed by atoms with van der Waals surface area (Å²) in [4.78, 5) is 14.0. The monoisotopic (exact) mass is 264 g/mol. The lowest BCUT2D eigenvalue weighted by atomic mass is 9.96. The molecule has 0 bridgehead atoms. The van der Waals surface area contributed by atoms with Crippen molar-refractivity contribution in [3.05, 3.63) is 0 Å². The van der Waals surface area contributed by atoms with Crippen LogP contribution in [-0.4, -0.2) is 43.2 Å². The van der Waals surface area contributed by atoms with Gasteiger partial charge in [-0.3, -0.25) is 9.69 Å². The van der Waals surface area contributed by atoms with Crippen LogP contribution in [0.4, 0.5) is 0 Å². The highest BCUT2D eigenvalue weighted by Crippen LogP contribution is 2.19. The predicted molar refractivity (Wildman–Crippen MR) is 71.3 cm³/mol. The highest BCUT2D eigenvalue weighted by molar-refractivity contribution is 5.85. The van der Waals surface area contributed by atoms with E-state index in [2.05, 4.69) is 4.90 Å². The van der Waals surface area contributed by atoms with Crippen molar-refractivity contribution in [2.75, 3.05) is 26.2 Å². The van der Waals surface area contributed by atoms with E-state index in [1.54, 1.807) is 0 Å². The first-order valence-corrected chi connectivity index (χ1v) is 6.33. The number of hydrogen-bond donors (Lipinski definition) is 1. The molecule has 1 fully saturated rings. The topological polar surface area (TPSA) is 55.6 Å². The van der Waals surface area contributed by atoms with E-state index in [1.165, 1.54) is 6.42 Å². The molecule has 0 aromatic carbocycles. The van der Waals surface area contributed by atoms with E-state index < -0.39 is 0 Å². The van der Waals surface area contributed by atoms with Crippen molar-refractivity contribution in [2.45, 2.75) is 39.2 Å². The second-order valence-electron chi connectivity index (χ2n) is 4.41. The summed E-state index contributed by atoms with van der Waals surface area (Å²) in [5.41, 5.74) is 5.70. The molecule has 1 aliphatic heterocycles. The molecule has 0 aromatic rings. The maximum absolute atomic E-state index is 11.8. The zero-order chi connectivity index (χ0) is 12.0. The molecular weight excluding hydrogens is 240 g/mol. The first-order valence-electron chi connectivity index (χ1n) is 6.33. The number of esters is 1. The zero-order valence-electron chi connectivity index (χ0n) is 10.9. The third-order valence-electron chi connectivity index (χ3n) is 3.27. The number of hydrogen-bond acceptors (Lipinski definition) is 4. The molecule has 2 unspecified atom stereocenters. The summed E-state index contributed by atoms with van der Waals surface area (Å²) in [6, 6.07) is -0.0747. The Morgan fingerprint density at radius 2 is 2.24 bits per heavy atom. The van der Waals surface area contributed by atoms with Gasteiger partial charge in [0.05, 0.1) is 6.61 Å². The molecule has 1 heterocycles. The third kappa shape index (κ3) is 4.82. The van der Waals surface area contributed by atoms with Crippen molar-refractivity contribution >= 4 is 18.4 Å². The first-order chi connectivity index (χ1) is 7.72. The number of rotatable bonds is 5. The van der Waals surface area contributed by atoms with E-state index in [0.717, 1.165) is 32.5 Å². The van der Waals surface area contributed by atoms with Crippen LogP contribution in [-0.2, 0) is 9.53 Å². The lowest BCUT2D eigenvalue weighted by Crippen LogP contribution is -2.48. The first kappa shape index (κ1) is 16.7. The molecule has 0 radical (unpaired) electrons. The van der Waals surface area contributed by atoms with Gasteiger partial charge in [-0.1, -0.05) is 6.92 Å². The summed E-state index contributed by atoms with van der Waals surface area (Å²) in [7, 11) is 0. The molecule has 2 atom stereocenters. The smallest absolute Gasteiger partial charge is 0.323 e. The van der Waals surface area contributed by atoms with Crippen LogP contribution in [0, 0.1) is 5.92 Å². The molecule has 102 valence electrons. The number of likely N-dealkylation sites (tertiary alicyclic amines) is 1. The number of nitrogens with zero attached hydrogens (tertiary/aromatic N) is 1. The van der Waals surface area contributed by atoms with Crippen LogP contribution in [0.1, 0.15) is 33.1 Å². The molecule has 0 spiro atoms. The Balaban J connectivity index is 0.00000256. The molecule has 17 heavy (non-hydrogen) atoms. The highest BCUT2D eigenvalue weighted by Gasteiger charge is 2.29. The van der Waals surface area contributed by atoms with Crippen LogP contribution >= 0.6 is 12.4 Å². The number of carbonyl (C=O) groups is 1. The van der Waals surface area contributed by atoms with E-state index in [1.807, 2.05) is 13.8 Å². The number of ether oxygens (including phenoxy) is 1. The average molecular weight is 265 g/mol. The molecule has 0 aliphatic carbocycles. The zero-order valence-corrected chi connectivity index (χ0v) is 11.7. The predicted octanol–water partition coefficient (Wildman–Crippen LogP) is 1.42. The van der Waals surface area contributed by atoms with Crippen molar-refractivity contribution in [1.82, 2.24) is 4.90 Å². The van der Waals surface area contributed by atoms with Crippen molar-refractivity contribution in [3.8, 4) is 0 Å². The van der Waals surface area contributed by atoms with Gasteiger partial charge in [-0.2, -0.15) is 0 Å². The van der Waals surface area contributed by atoms with Crippen LogP contribution in [0.2, 0.25) is 0 Å². The highest BCUT2D eigenvalue weighted by atomic mass is 35.5. The molecule has 5 heteroatoms. The molecule has 0 aromatic heterocycles. The van der Waals surface area contributed by atoms with Crippen molar-refractivity contribution in [1.29, 1.82) is 0 Å². The van der Waals surface area contributed by atoms with Gasteiger partial charge in [0.1, 0.15) is 6.04 Å². The number of piperidine rings is 1. The Morgan fingerprint density at radius 1 is 1.53 bits per heavy atom. The summed E-state index contributed by atoms with van der Waals surface area (Å²) in [5.74, 6) is 0.458. The summed E-state index contributed by atoms with van der Waals surface area (Å²) < 4.78 is 5.11. The fourth-order valence-electron chi connectivity index (χ4n) is 2.39. The van der Waals surface area contributed by atoms with Crippen LogP contribution in [0.3, 0.4) is 0 Å². The Labute approximate surface area is 110 Å². The van der Waals surface area contributed by atoms with Gasteiger partial charge in [-0.25, -0.2) is 0 Å². The van der Waals surface area contributed by atoms with Crippen molar-refractivity contribution < 1.29 is 9.53 Å². The van der Waals surface area contributed by atoms with Gasteiger partial charge in [0.15, 0.2) is 0 Å². The third-order valence-corrected chi connectivity index (χ3v) is 3.27. The van der Waals surface area contributed by atoms with Crippen LogP contribution in [0.25, 0.3) is 0 Å². The Kier molecular flexibility index (Phi) is 8.56. The maximum atomic E-state index is 11.8. The second-order valence-corrected chi connectivity index (χ2v) is 4.41. The standard InChI is InChI=1S/C12H24N2O2.ClH/c1-3-11(12(15)16-4-2)14-7-5-6-10(8-13)9-14;/h10-11H,3-9,13H2,1-2H3;1H. The van der Waals surface area contributed by atoms with Crippen LogP contribution in [0.15, 0.2) is 0 Å². The van der Waals surface area contributed by atoms with E-state index in [-0.39, 0.29) is 24.4 Å². The van der Waals surface area contributed by atoms with Gasteiger partial charge in [0, 0.05) is 6.54 Å². The SMILES string of the molecule is CCOC(=O)C(CC)N1CCCC(CN)C1.Cl. The van der Waals surface area contributed by atoms with Crippen LogP contribution in [0.5, 0.6) is 0 Å². The lowest BCUT2D eigenvalue weighted by Gasteiger charge is -2.36.